The van der Waals surface area contributed by atoms with E-state index in [0.29, 0.717) is 16.3 Å². The highest BCUT2D eigenvalue weighted by Gasteiger charge is 2.34. The summed E-state index contributed by atoms with van der Waals surface area (Å²) in [5.41, 5.74) is 1.70. The predicted molar refractivity (Wildman–Crippen MR) is 134 cm³/mol. The minimum atomic E-state index is -0.870. The summed E-state index contributed by atoms with van der Waals surface area (Å²) in [4.78, 5) is 37.3. The monoisotopic (exact) mass is 492 g/mol. The van der Waals surface area contributed by atoms with Crippen LogP contribution in [-0.4, -0.2) is 39.8 Å². The molecule has 1 heterocycles. The summed E-state index contributed by atoms with van der Waals surface area (Å²) in [5, 5.41) is 3.76. The highest BCUT2D eigenvalue weighted by atomic mass is 35.5. The van der Waals surface area contributed by atoms with E-state index in [2.05, 4.69) is 15.3 Å². The fourth-order valence-electron chi connectivity index (χ4n) is 4.41. The van der Waals surface area contributed by atoms with Crippen LogP contribution in [0.3, 0.4) is 0 Å². The number of nitrogens with zero attached hydrogens (tertiary/aromatic N) is 3. The minimum absolute atomic E-state index is 0.0977. The molecule has 1 aromatic heterocycles. The van der Waals surface area contributed by atoms with Gasteiger partial charge in [0.1, 0.15) is 17.5 Å². The van der Waals surface area contributed by atoms with Crippen LogP contribution in [0.4, 0.5) is 0 Å². The van der Waals surface area contributed by atoms with E-state index < -0.39 is 6.04 Å². The van der Waals surface area contributed by atoms with Crippen LogP contribution >= 0.6 is 11.6 Å². The number of hydrogen-bond donors (Lipinski definition) is 1. The van der Waals surface area contributed by atoms with Gasteiger partial charge in [-0.25, -0.2) is 4.98 Å². The number of methoxy groups -OCH3 is 1. The summed E-state index contributed by atoms with van der Waals surface area (Å²) in [7, 11) is 1.60. The predicted octanol–water partition coefficient (Wildman–Crippen LogP) is 4.97. The van der Waals surface area contributed by atoms with Gasteiger partial charge in [-0.1, -0.05) is 55.1 Å². The van der Waals surface area contributed by atoms with E-state index in [9.17, 15) is 9.59 Å². The van der Waals surface area contributed by atoms with Crippen LogP contribution in [0.1, 0.15) is 59.8 Å². The molecule has 2 amide bonds. The first-order valence-electron chi connectivity index (χ1n) is 11.8. The number of amides is 2. The summed E-state index contributed by atoms with van der Waals surface area (Å²) >= 11 is 6.14. The van der Waals surface area contributed by atoms with Crippen molar-refractivity contribution in [1.29, 1.82) is 0 Å². The average Bonchev–Trinajstić information content (AvgIpc) is 2.90. The van der Waals surface area contributed by atoms with Gasteiger partial charge in [0, 0.05) is 30.0 Å². The average molecular weight is 493 g/mol. The summed E-state index contributed by atoms with van der Waals surface area (Å²) in [6.07, 6.45) is 9.64. The van der Waals surface area contributed by atoms with Crippen LogP contribution in [-0.2, 0) is 11.3 Å². The molecule has 0 spiro atoms. The Kier molecular flexibility index (Phi) is 8.32. The molecule has 1 atom stereocenters. The lowest BCUT2D eigenvalue weighted by molar-refractivity contribution is -0.127. The first-order chi connectivity index (χ1) is 17.0. The summed E-state index contributed by atoms with van der Waals surface area (Å²) < 4.78 is 5.27. The van der Waals surface area contributed by atoms with Crippen molar-refractivity contribution in [2.45, 2.75) is 50.7 Å². The zero-order valence-corrected chi connectivity index (χ0v) is 20.4. The van der Waals surface area contributed by atoms with Crippen LogP contribution in [0.25, 0.3) is 0 Å². The van der Waals surface area contributed by atoms with Crippen LogP contribution in [0, 0.1) is 0 Å². The van der Waals surface area contributed by atoms with Crippen molar-refractivity contribution in [1.82, 2.24) is 20.2 Å². The van der Waals surface area contributed by atoms with Crippen molar-refractivity contribution in [3.05, 3.63) is 89.0 Å². The lowest BCUT2D eigenvalue weighted by Gasteiger charge is -2.33. The fourth-order valence-corrected chi connectivity index (χ4v) is 4.54. The van der Waals surface area contributed by atoms with E-state index >= 15 is 0 Å². The molecule has 8 heteroatoms. The molecule has 1 N–H and O–H groups in total. The van der Waals surface area contributed by atoms with Gasteiger partial charge in [-0.2, -0.15) is 0 Å². The molecule has 35 heavy (non-hydrogen) atoms. The van der Waals surface area contributed by atoms with E-state index in [1.807, 2.05) is 24.3 Å². The van der Waals surface area contributed by atoms with Gasteiger partial charge in [0.2, 0.25) is 5.91 Å². The van der Waals surface area contributed by atoms with Crippen molar-refractivity contribution in [3.63, 3.8) is 0 Å². The second-order valence-electron chi connectivity index (χ2n) is 8.67. The van der Waals surface area contributed by atoms with Crippen LogP contribution in [0.5, 0.6) is 5.75 Å². The van der Waals surface area contributed by atoms with E-state index in [-0.39, 0.29) is 30.1 Å². The quantitative estimate of drug-likeness (QED) is 0.480. The molecule has 2 aromatic carbocycles. The first-order valence-corrected chi connectivity index (χ1v) is 12.2. The Balaban J connectivity index is 1.72. The smallest absolute Gasteiger partial charge is 0.275 e. The van der Waals surface area contributed by atoms with Crippen molar-refractivity contribution < 1.29 is 14.3 Å². The molecular weight excluding hydrogens is 464 g/mol. The number of rotatable bonds is 8. The standard InChI is InChI=1S/C27H29ClN4O3/c1-35-23-13-7-19(8-14-23)18-32(27(34)24-17-29-15-16-30-24)25(20-9-11-21(28)12-10-20)26(33)31-22-5-3-2-4-6-22/h7-17,22,25H,2-6,18H2,1H3,(H,31,33)/t25-/m0/s1. The molecule has 1 aliphatic rings. The van der Waals surface area contributed by atoms with E-state index in [0.717, 1.165) is 31.2 Å². The third-order valence-corrected chi connectivity index (χ3v) is 6.50. The first kappa shape index (κ1) is 24.7. The second-order valence-corrected chi connectivity index (χ2v) is 9.11. The Hall–Kier alpha value is -3.45. The number of halogens is 1. The van der Waals surface area contributed by atoms with Gasteiger partial charge in [-0.3, -0.25) is 14.6 Å². The van der Waals surface area contributed by atoms with Gasteiger partial charge in [0.15, 0.2) is 0 Å². The number of hydrogen-bond acceptors (Lipinski definition) is 5. The van der Waals surface area contributed by atoms with E-state index in [1.54, 1.807) is 36.3 Å². The molecule has 4 rings (SSSR count). The number of carbonyl (C=O) groups excluding carboxylic acids is 2. The van der Waals surface area contributed by atoms with Crippen molar-refractivity contribution in [2.75, 3.05) is 7.11 Å². The molecule has 0 bridgehead atoms. The molecule has 0 unspecified atom stereocenters. The molecule has 1 saturated carbocycles. The summed E-state index contributed by atoms with van der Waals surface area (Å²) in [5.74, 6) is 0.113. The molecule has 0 saturated heterocycles. The molecule has 1 fully saturated rings. The Labute approximate surface area is 210 Å². The summed E-state index contributed by atoms with van der Waals surface area (Å²) in [6, 6.07) is 13.7. The maximum absolute atomic E-state index is 13.8. The number of nitrogens with one attached hydrogen (secondary N) is 1. The number of benzene rings is 2. The summed E-state index contributed by atoms with van der Waals surface area (Å²) in [6.45, 7) is 0.199. The van der Waals surface area contributed by atoms with Gasteiger partial charge in [0.25, 0.3) is 5.91 Å². The van der Waals surface area contributed by atoms with Crippen LogP contribution in [0.2, 0.25) is 5.02 Å². The van der Waals surface area contributed by atoms with Crippen molar-refractivity contribution >= 4 is 23.4 Å². The van der Waals surface area contributed by atoms with E-state index in [4.69, 9.17) is 16.3 Å². The van der Waals surface area contributed by atoms with Gasteiger partial charge in [0.05, 0.1) is 13.3 Å². The number of carbonyl (C=O) groups is 2. The Bertz CT molecular complexity index is 1120. The lowest BCUT2D eigenvalue weighted by atomic mass is 9.94. The normalized spacial score (nSPS) is 14.7. The van der Waals surface area contributed by atoms with Crippen molar-refractivity contribution in [3.8, 4) is 5.75 Å². The molecule has 7 nitrogen and oxygen atoms in total. The fraction of sp³-hybridized carbons (Fsp3) is 0.333. The largest absolute Gasteiger partial charge is 0.497 e. The third kappa shape index (κ3) is 6.36. The SMILES string of the molecule is COc1ccc(CN(C(=O)c2cnccn2)[C@H](C(=O)NC2CCCCC2)c2ccc(Cl)cc2)cc1. The highest BCUT2D eigenvalue weighted by Crippen LogP contribution is 2.28. The molecular formula is C27H29ClN4O3. The van der Waals surface area contributed by atoms with Crippen LogP contribution < -0.4 is 10.1 Å². The number of ether oxygens (including phenoxy) is 1. The van der Waals surface area contributed by atoms with Crippen molar-refractivity contribution in [2.24, 2.45) is 0 Å². The second kappa shape index (κ2) is 11.8. The van der Waals surface area contributed by atoms with E-state index in [1.165, 1.54) is 25.0 Å². The zero-order valence-electron chi connectivity index (χ0n) is 19.7. The van der Waals surface area contributed by atoms with Gasteiger partial charge < -0.3 is 15.0 Å². The van der Waals surface area contributed by atoms with Gasteiger partial charge >= 0.3 is 0 Å². The maximum atomic E-state index is 13.8. The molecule has 1 aliphatic carbocycles. The van der Waals surface area contributed by atoms with Gasteiger partial charge in [-0.15, -0.1) is 0 Å². The number of aromatic nitrogens is 2. The highest BCUT2D eigenvalue weighted by molar-refractivity contribution is 6.30. The topological polar surface area (TPSA) is 84.4 Å². The lowest BCUT2D eigenvalue weighted by Crippen LogP contribution is -2.47. The Morgan fingerprint density at radius 3 is 2.40 bits per heavy atom. The third-order valence-electron chi connectivity index (χ3n) is 6.25. The van der Waals surface area contributed by atoms with Crippen LogP contribution in [0.15, 0.2) is 67.1 Å². The Morgan fingerprint density at radius 1 is 1.06 bits per heavy atom. The molecule has 0 aliphatic heterocycles. The maximum Gasteiger partial charge on any atom is 0.275 e. The van der Waals surface area contributed by atoms with Gasteiger partial charge in [-0.05, 0) is 48.2 Å². The Morgan fingerprint density at radius 2 is 1.77 bits per heavy atom. The molecule has 182 valence electrons. The zero-order chi connectivity index (χ0) is 24.6. The molecule has 3 aromatic rings. The minimum Gasteiger partial charge on any atom is -0.497 e. The molecule has 0 radical (unpaired) electrons.